The minimum Gasteiger partial charge on any atom is -0.420 e. The fourth-order valence-corrected chi connectivity index (χ4v) is 5.57. The normalized spacial score (nSPS) is 17.0. The number of nitrogens with zero attached hydrogens (tertiary/aromatic N) is 3. The predicted octanol–water partition coefficient (Wildman–Crippen LogP) is 5.84. The van der Waals surface area contributed by atoms with Gasteiger partial charge in [0.1, 0.15) is 5.78 Å². The van der Waals surface area contributed by atoms with Crippen molar-refractivity contribution in [3.8, 4) is 0 Å². The summed E-state index contributed by atoms with van der Waals surface area (Å²) in [5.74, 6) is -1.46. The molecule has 3 aromatic rings. The first-order valence-electron chi connectivity index (χ1n) is 13.9. The summed E-state index contributed by atoms with van der Waals surface area (Å²) in [6.45, 7) is 3.50. The Kier molecular flexibility index (Phi) is 8.28. The van der Waals surface area contributed by atoms with Crippen LogP contribution in [0.2, 0.25) is 0 Å². The molecule has 1 aromatic heterocycles. The van der Waals surface area contributed by atoms with Gasteiger partial charge in [0.05, 0.1) is 0 Å². The van der Waals surface area contributed by atoms with Crippen molar-refractivity contribution in [1.82, 2.24) is 4.98 Å². The van der Waals surface area contributed by atoms with Crippen LogP contribution in [0.15, 0.2) is 52.9 Å². The fourth-order valence-electron chi connectivity index (χ4n) is 5.57. The van der Waals surface area contributed by atoms with Gasteiger partial charge in [-0.25, -0.2) is 0 Å². The summed E-state index contributed by atoms with van der Waals surface area (Å²) in [6.07, 6.45) is -2.26. The van der Waals surface area contributed by atoms with Crippen LogP contribution in [0.1, 0.15) is 65.5 Å². The molecule has 1 atom stereocenters. The van der Waals surface area contributed by atoms with E-state index in [-0.39, 0.29) is 49.3 Å². The first-order valence-corrected chi connectivity index (χ1v) is 13.9. The van der Waals surface area contributed by atoms with E-state index in [1.54, 1.807) is 28.0 Å². The summed E-state index contributed by atoms with van der Waals surface area (Å²) in [6, 6.07) is 14.3. The zero-order valence-electron chi connectivity index (χ0n) is 22.9. The average molecular weight is 568 g/mol. The highest BCUT2D eigenvalue weighted by Crippen LogP contribution is 2.36. The Labute approximate surface area is 236 Å². The maximum absolute atomic E-state index is 13.8. The highest BCUT2D eigenvalue weighted by atomic mass is 19.4. The molecule has 1 saturated heterocycles. The van der Waals surface area contributed by atoms with Crippen LogP contribution in [0.5, 0.6) is 0 Å². The Morgan fingerprint density at radius 1 is 1.00 bits per heavy atom. The van der Waals surface area contributed by atoms with E-state index in [0.717, 1.165) is 24.0 Å². The molecule has 0 spiro atoms. The van der Waals surface area contributed by atoms with Crippen molar-refractivity contribution in [2.45, 2.75) is 58.0 Å². The molecule has 1 unspecified atom stereocenters. The van der Waals surface area contributed by atoms with E-state index in [1.807, 2.05) is 37.3 Å². The van der Waals surface area contributed by atoms with Crippen LogP contribution in [0, 0.1) is 5.92 Å². The second-order valence-electron chi connectivity index (χ2n) is 10.9. The topological polar surface area (TPSA) is 83.7 Å². The lowest BCUT2D eigenvalue weighted by Gasteiger charge is -2.29. The molecule has 2 aromatic carbocycles. The third-order valence-electron chi connectivity index (χ3n) is 7.63. The van der Waals surface area contributed by atoms with E-state index < -0.39 is 23.4 Å². The molecular formula is C31H32F3N3O4. The number of benzene rings is 2. The lowest BCUT2D eigenvalue weighted by molar-refractivity contribution is -0.141. The molecule has 41 heavy (non-hydrogen) atoms. The van der Waals surface area contributed by atoms with E-state index in [4.69, 9.17) is 4.42 Å². The molecule has 216 valence electrons. The number of hydrogen-bond acceptors (Lipinski definition) is 6. The Hall–Kier alpha value is -3.95. The molecule has 1 amide bonds. The van der Waals surface area contributed by atoms with Crippen molar-refractivity contribution in [2.24, 2.45) is 5.92 Å². The van der Waals surface area contributed by atoms with Gasteiger partial charge in [-0.05, 0) is 47.9 Å². The summed E-state index contributed by atoms with van der Waals surface area (Å²) in [5.41, 5.74) is 1.66. The number of rotatable bonds is 9. The molecule has 0 bridgehead atoms. The third kappa shape index (κ3) is 6.69. The van der Waals surface area contributed by atoms with Crippen LogP contribution in [-0.2, 0) is 35.0 Å². The van der Waals surface area contributed by atoms with Gasteiger partial charge in [0.25, 0.3) is 6.01 Å². The number of carbonyl (C=O) groups is 3. The number of aromatic nitrogens is 1. The minimum atomic E-state index is -4.82. The maximum Gasteiger partial charge on any atom is 0.437 e. The van der Waals surface area contributed by atoms with Crippen LogP contribution in [0.25, 0.3) is 0 Å². The number of amides is 1. The van der Waals surface area contributed by atoms with Gasteiger partial charge in [0, 0.05) is 51.0 Å². The second kappa shape index (κ2) is 11.9. The zero-order valence-corrected chi connectivity index (χ0v) is 22.9. The second-order valence-corrected chi connectivity index (χ2v) is 10.9. The molecule has 10 heteroatoms. The maximum atomic E-state index is 13.8. The molecule has 7 nitrogen and oxygen atoms in total. The highest BCUT2D eigenvalue weighted by molar-refractivity contribution is 5.98. The van der Waals surface area contributed by atoms with Crippen molar-refractivity contribution in [3.63, 3.8) is 0 Å². The van der Waals surface area contributed by atoms with Gasteiger partial charge in [-0.15, -0.1) is 0 Å². The highest BCUT2D eigenvalue weighted by Gasteiger charge is 2.42. The number of hydrogen-bond donors (Lipinski definition) is 0. The lowest BCUT2D eigenvalue weighted by atomic mass is 10.0. The van der Waals surface area contributed by atoms with Gasteiger partial charge >= 0.3 is 6.18 Å². The van der Waals surface area contributed by atoms with E-state index in [2.05, 4.69) is 4.98 Å². The number of carbonyl (C=O) groups excluding carboxylic acids is 3. The van der Waals surface area contributed by atoms with Gasteiger partial charge in [-0.2, -0.15) is 18.2 Å². The van der Waals surface area contributed by atoms with Crippen molar-refractivity contribution in [2.75, 3.05) is 29.4 Å². The first-order chi connectivity index (χ1) is 19.6. The summed E-state index contributed by atoms with van der Waals surface area (Å²) in [4.78, 5) is 45.3. The van der Waals surface area contributed by atoms with Crippen LogP contribution < -0.4 is 9.80 Å². The number of piperidine rings is 1. The summed E-state index contributed by atoms with van der Waals surface area (Å²) >= 11 is 0. The van der Waals surface area contributed by atoms with Gasteiger partial charge in [0.2, 0.25) is 17.5 Å². The summed E-state index contributed by atoms with van der Waals surface area (Å²) < 4.78 is 46.8. The van der Waals surface area contributed by atoms with Crippen LogP contribution >= 0.6 is 0 Å². The SMILES string of the molecule is CC1CCCN(c2nc(C(F)(F)F)c(C(=O)Cc3ccc4c(c3)CCN4C(=O)CCC(=O)Cc3ccccc3)o2)C1. The minimum absolute atomic E-state index is 0.0126. The van der Waals surface area contributed by atoms with Crippen molar-refractivity contribution in [3.05, 3.63) is 76.7 Å². The van der Waals surface area contributed by atoms with Gasteiger partial charge in [-0.1, -0.05) is 49.4 Å². The zero-order chi connectivity index (χ0) is 29.1. The van der Waals surface area contributed by atoms with E-state index >= 15 is 0 Å². The van der Waals surface area contributed by atoms with Crippen molar-refractivity contribution < 1.29 is 32.0 Å². The fraction of sp³-hybridized carbons (Fsp3) is 0.419. The molecule has 0 N–H and O–H groups in total. The van der Waals surface area contributed by atoms with Crippen LogP contribution in [0.4, 0.5) is 24.9 Å². The van der Waals surface area contributed by atoms with E-state index in [0.29, 0.717) is 37.3 Å². The van der Waals surface area contributed by atoms with Gasteiger partial charge in [0.15, 0.2) is 5.69 Å². The molecule has 0 aliphatic carbocycles. The Morgan fingerprint density at radius 3 is 2.51 bits per heavy atom. The largest absolute Gasteiger partial charge is 0.437 e. The molecule has 5 rings (SSSR count). The number of oxazole rings is 1. The summed E-state index contributed by atoms with van der Waals surface area (Å²) in [7, 11) is 0. The molecule has 1 fully saturated rings. The molecular weight excluding hydrogens is 535 g/mol. The number of alkyl halides is 3. The first kappa shape index (κ1) is 28.6. The summed E-state index contributed by atoms with van der Waals surface area (Å²) in [5, 5.41) is 0. The molecule has 2 aliphatic heterocycles. The number of anilines is 2. The predicted molar refractivity (Wildman–Crippen MR) is 147 cm³/mol. The van der Waals surface area contributed by atoms with E-state index in [1.165, 1.54) is 0 Å². The van der Waals surface area contributed by atoms with Crippen molar-refractivity contribution >= 4 is 29.2 Å². The Morgan fingerprint density at radius 2 is 1.78 bits per heavy atom. The third-order valence-corrected chi connectivity index (χ3v) is 7.63. The van der Waals surface area contributed by atoms with E-state index in [9.17, 15) is 27.6 Å². The van der Waals surface area contributed by atoms with Crippen LogP contribution in [0.3, 0.4) is 0 Å². The Balaban J connectivity index is 1.24. The number of ketones is 2. The monoisotopic (exact) mass is 567 g/mol. The Bertz CT molecular complexity index is 1430. The quantitative estimate of drug-likeness (QED) is 0.302. The molecule has 0 radical (unpaired) electrons. The lowest BCUT2D eigenvalue weighted by Crippen LogP contribution is -2.34. The van der Waals surface area contributed by atoms with Crippen molar-refractivity contribution in [1.29, 1.82) is 0 Å². The molecule has 2 aliphatic rings. The molecule has 0 saturated carbocycles. The standard InChI is InChI=1S/C31H32F3N3O4/c1-20-6-5-14-36(19-20)30-35-29(31(32,33)34)28(41-30)26(39)18-22-9-11-25-23(16-22)13-15-37(25)27(40)12-10-24(38)17-21-7-3-2-4-8-21/h2-4,7-9,11,16,20H,5-6,10,12-15,17-19H2,1H3. The number of Topliss-reactive ketones (excluding diaryl/α,β-unsaturated/α-hetero) is 2. The van der Waals surface area contributed by atoms with Gasteiger partial charge < -0.3 is 14.2 Å². The smallest absolute Gasteiger partial charge is 0.420 e. The number of fused-ring (bicyclic) bond motifs is 1. The number of halogens is 3. The average Bonchev–Trinajstić information content (AvgIpc) is 3.58. The molecule has 3 heterocycles. The van der Waals surface area contributed by atoms with Crippen LogP contribution in [-0.4, -0.2) is 42.1 Å². The van der Waals surface area contributed by atoms with Gasteiger partial charge in [-0.3, -0.25) is 14.4 Å².